The highest BCUT2D eigenvalue weighted by Crippen LogP contribution is 2.30. The molecule has 0 bridgehead atoms. The van der Waals surface area contributed by atoms with Crippen LogP contribution in [0.15, 0.2) is 41.4 Å². The van der Waals surface area contributed by atoms with E-state index in [2.05, 4.69) is 16.8 Å². The highest BCUT2D eigenvalue weighted by Gasteiger charge is 2.36. The van der Waals surface area contributed by atoms with Crippen molar-refractivity contribution in [2.45, 2.75) is 69.1 Å². The molecule has 2 heterocycles. The van der Waals surface area contributed by atoms with Crippen LogP contribution in [0.4, 0.5) is 0 Å². The highest BCUT2D eigenvalue weighted by molar-refractivity contribution is 7.89. The summed E-state index contributed by atoms with van der Waals surface area (Å²) in [6, 6.07) is 7.77. The first-order valence-electron chi connectivity index (χ1n) is 13.3. The van der Waals surface area contributed by atoms with Crippen LogP contribution in [0, 0.1) is 24.7 Å². The highest BCUT2D eigenvalue weighted by atomic mass is 32.2. The number of nitrogens with zero attached hydrogens (tertiary/aromatic N) is 3. The fraction of sp³-hybridized carbons (Fsp3) is 0.517. The summed E-state index contributed by atoms with van der Waals surface area (Å²) in [5, 5.41) is 20.5. The number of rotatable bonds is 6. The Kier molecular flexibility index (Phi) is 8.66. The molecule has 3 atom stereocenters. The third-order valence-electron chi connectivity index (χ3n) is 7.56. The van der Waals surface area contributed by atoms with Crippen LogP contribution < -0.4 is 4.74 Å². The molecule has 1 amide bonds. The molecular weight excluding hydrogens is 518 g/mol. The average molecular weight is 556 g/mol. The molecule has 0 spiro atoms. The number of aryl methyl sites for hydroxylation is 1. The van der Waals surface area contributed by atoms with Crippen molar-refractivity contribution in [3.8, 4) is 17.7 Å². The third-order valence-corrected chi connectivity index (χ3v) is 9.40. The molecule has 1 fully saturated rings. The number of fused-ring (bicyclic) bond motifs is 1. The fourth-order valence-corrected chi connectivity index (χ4v) is 6.09. The lowest BCUT2D eigenvalue weighted by atomic mass is 10.00. The van der Waals surface area contributed by atoms with Gasteiger partial charge in [-0.3, -0.25) is 4.79 Å². The summed E-state index contributed by atoms with van der Waals surface area (Å²) in [7, 11) is -2.28. The van der Waals surface area contributed by atoms with Gasteiger partial charge >= 0.3 is 0 Å². The molecule has 210 valence electrons. The zero-order valence-corrected chi connectivity index (χ0v) is 23.7. The van der Waals surface area contributed by atoms with Crippen molar-refractivity contribution >= 4 is 15.9 Å². The van der Waals surface area contributed by atoms with Crippen molar-refractivity contribution in [1.82, 2.24) is 14.2 Å². The van der Waals surface area contributed by atoms with Gasteiger partial charge in [0.25, 0.3) is 5.91 Å². The van der Waals surface area contributed by atoms with Crippen molar-refractivity contribution < 1.29 is 28.2 Å². The van der Waals surface area contributed by atoms with Gasteiger partial charge in [-0.05, 0) is 57.7 Å². The number of hydrogen-bond acceptors (Lipinski definition) is 7. The molecule has 2 N–H and O–H groups in total. The van der Waals surface area contributed by atoms with Gasteiger partial charge in [0.05, 0.1) is 24.1 Å². The number of aliphatic hydroxyl groups is 2. The molecular formula is C29H37N3O6S. The maximum absolute atomic E-state index is 13.6. The summed E-state index contributed by atoms with van der Waals surface area (Å²) in [5.74, 6) is 5.35. The van der Waals surface area contributed by atoms with Gasteiger partial charge < -0.3 is 19.8 Å². The van der Waals surface area contributed by atoms with Crippen molar-refractivity contribution in [1.29, 1.82) is 0 Å². The standard InChI is InChI=1S/C29H37N3O6S/c1-20-7-9-24(10-8-20)39(36,37)31(4)18-26-21(2)17-32(22(3)19-33)28(34)25-15-23(16-30-27(25)38-26)11-14-29(35)12-5-6-13-29/h7-10,15-16,21-22,26,33,35H,5-6,12-13,17-19H2,1-4H3/t21-,22+,26-/m1/s1. The number of aliphatic hydroxyl groups excluding tert-OH is 1. The van der Waals surface area contributed by atoms with E-state index in [1.54, 1.807) is 42.2 Å². The van der Waals surface area contributed by atoms with Gasteiger partial charge in [-0.1, -0.05) is 36.5 Å². The SMILES string of the molecule is Cc1ccc(S(=O)(=O)N(C)C[C@H]2Oc3ncc(C#CC4(O)CCCC4)cc3C(=O)N([C@@H](C)CO)C[C@H]2C)cc1. The lowest BCUT2D eigenvalue weighted by Gasteiger charge is -2.37. The molecule has 1 aliphatic heterocycles. The van der Waals surface area contributed by atoms with Crippen molar-refractivity contribution in [3.05, 3.63) is 53.2 Å². The second kappa shape index (κ2) is 11.6. The summed E-state index contributed by atoms with van der Waals surface area (Å²) in [6.07, 6.45) is 3.93. The van der Waals surface area contributed by atoms with Crippen LogP contribution in [0.3, 0.4) is 0 Å². The van der Waals surface area contributed by atoms with Gasteiger partial charge in [0.2, 0.25) is 15.9 Å². The Balaban J connectivity index is 1.66. The number of carbonyl (C=O) groups is 1. The minimum atomic E-state index is -3.78. The van der Waals surface area contributed by atoms with E-state index in [9.17, 15) is 23.4 Å². The number of carbonyl (C=O) groups excluding carboxylic acids is 1. The summed E-state index contributed by atoms with van der Waals surface area (Å²) < 4.78 is 34.0. The topological polar surface area (TPSA) is 120 Å². The van der Waals surface area contributed by atoms with Gasteiger partial charge in [0, 0.05) is 31.3 Å². The Morgan fingerprint density at radius 2 is 1.92 bits per heavy atom. The largest absolute Gasteiger partial charge is 0.472 e. The van der Waals surface area contributed by atoms with Crippen LogP contribution in [-0.4, -0.2) is 83.2 Å². The first-order valence-corrected chi connectivity index (χ1v) is 14.7. The fourth-order valence-electron chi connectivity index (χ4n) is 4.90. The number of ether oxygens (including phenoxy) is 1. The summed E-state index contributed by atoms with van der Waals surface area (Å²) in [6.45, 7) is 5.57. The average Bonchev–Trinajstić information content (AvgIpc) is 3.35. The predicted molar refractivity (Wildman–Crippen MR) is 147 cm³/mol. The molecule has 2 aliphatic rings. The first kappa shape index (κ1) is 29.0. The van der Waals surface area contributed by atoms with Crippen LogP contribution in [0.1, 0.15) is 61.0 Å². The van der Waals surface area contributed by atoms with E-state index < -0.39 is 27.8 Å². The zero-order chi connectivity index (χ0) is 28.4. The van der Waals surface area contributed by atoms with E-state index in [0.29, 0.717) is 18.4 Å². The number of pyridine rings is 1. The predicted octanol–water partition coefficient (Wildman–Crippen LogP) is 2.59. The molecule has 10 heteroatoms. The van der Waals surface area contributed by atoms with Gasteiger partial charge in [0.1, 0.15) is 17.3 Å². The Labute approximate surface area is 230 Å². The molecule has 1 aromatic carbocycles. The van der Waals surface area contributed by atoms with Crippen LogP contribution in [0.25, 0.3) is 0 Å². The number of benzene rings is 1. The monoisotopic (exact) mass is 555 g/mol. The Bertz CT molecular complexity index is 1360. The molecule has 1 saturated carbocycles. The normalized spacial score (nSPS) is 21.8. The van der Waals surface area contributed by atoms with E-state index in [-0.39, 0.29) is 47.9 Å². The molecule has 0 radical (unpaired) electrons. The van der Waals surface area contributed by atoms with Crippen molar-refractivity contribution in [2.75, 3.05) is 26.7 Å². The summed E-state index contributed by atoms with van der Waals surface area (Å²) in [5.41, 5.74) is 0.574. The minimum absolute atomic E-state index is 0.0304. The van der Waals surface area contributed by atoms with E-state index in [1.165, 1.54) is 17.5 Å². The van der Waals surface area contributed by atoms with E-state index in [1.807, 2.05) is 13.8 Å². The van der Waals surface area contributed by atoms with Crippen molar-refractivity contribution in [3.63, 3.8) is 0 Å². The second-order valence-electron chi connectivity index (χ2n) is 10.8. The Morgan fingerprint density at radius 3 is 2.56 bits per heavy atom. The molecule has 4 rings (SSSR count). The molecule has 1 aromatic heterocycles. The summed E-state index contributed by atoms with van der Waals surface area (Å²) >= 11 is 0. The number of amides is 1. The van der Waals surface area contributed by atoms with Crippen LogP contribution in [0.2, 0.25) is 0 Å². The quantitative estimate of drug-likeness (QED) is 0.526. The Morgan fingerprint density at radius 1 is 1.26 bits per heavy atom. The van der Waals surface area contributed by atoms with E-state index in [4.69, 9.17) is 4.74 Å². The molecule has 2 aromatic rings. The van der Waals surface area contributed by atoms with E-state index >= 15 is 0 Å². The van der Waals surface area contributed by atoms with Gasteiger partial charge in [-0.2, -0.15) is 4.31 Å². The second-order valence-corrected chi connectivity index (χ2v) is 12.8. The number of hydrogen-bond donors (Lipinski definition) is 2. The van der Waals surface area contributed by atoms with Gasteiger partial charge in [0.15, 0.2) is 0 Å². The lowest BCUT2D eigenvalue weighted by Crippen LogP contribution is -2.50. The Hall–Kier alpha value is -2.97. The molecule has 9 nitrogen and oxygen atoms in total. The number of likely N-dealkylation sites (N-methyl/N-ethyl adjacent to an activating group) is 1. The molecule has 39 heavy (non-hydrogen) atoms. The van der Waals surface area contributed by atoms with Crippen LogP contribution in [-0.2, 0) is 10.0 Å². The van der Waals surface area contributed by atoms with Crippen molar-refractivity contribution in [2.24, 2.45) is 5.92 Å². The van der Waals surface area contributed by atoms with Crippen LogP contribution in [0.5, 0.6) is 5.88 Å². The maximum Gasteiger partial charge on any atom is 0.259 e. The molecule has 0 saturated heterocycles. The smallest absolute Gasteiger partial charge is 0.259 e. The summed E-state index contributed by atoms with van der Waals surface area (Å²) in [4.78, 5) is 19.8. The number of sulfonamides is 1. The van der Waals surface area contributed by atoms with E-state index in [0.717, 1.165) is 18.4 Å². The molecule has 0 unspecified atom stereocenters. The van der Waals surface area contributed by atoms with Gasteiger partial charge in [-0.15, -0.1) is 0 Å². The lowest BCUT2D eigenvalue weighted by molar-refractivity contribution is 0.0373. The zero-order valence-electron chi connectivity index (χ0n) is 22.9. The van der Waals surface area contributed by atoms with Crippen LogP contribution >= 0.6 is 0 Å². The maximum atomic E-state index is 13.6. The third kappa shape index (κ3) is 6.44. The van der Waals surface area contributed by atoms with Gasteiger partial charge in [-0.25, -0.2) is 13.4 Å². The minimum Gasteiger partial charge on any atom is -0.472 e. The first-order chi connectivity index (χ1) is 18.4. The molecule has 1 aliphatic carbocycles. The number of aromatic nitrogens is 1.